The fourth-order valence-electron chi connectivity index (χ4n) is 1.90. The van der Waals surface area contributed by atoms with Crippen LogP contribution in [-0.2, 0) is 5.75 Å². The SMILES string of the molecule is O=C(Nc1nnc(SCc2ccc(F)cc2)s1)c1cc(Cl)ccc1O. The largest absolute Gasteiger partial charge is 0.507 e. The third-order valence-corrected chi connectivity index (χ3v) is 5.38. The molecule has 0 fully saturated rings. The lowest BCUT2D eigenvalue weighted by molar-refractivity contribution is 0.102. The smallest absolute Gasteiger partial charge is 0.261 e. The quantitative estimate of drug-likeness (QED) is 0.488. The summed E-state index contributed by atoms with van der Waals surface area (Å²) in [6.07, 6.45) is 0. The molecule has 0 saturated carbocycles. The number of phenols is 1. The number of hydrogen-bond acceptors (Lipinski definition) is 6. The molecule has 0 aliphatic rings. The summed E-state index contributed by atoms with van der Waals surface area (Å²) in [6.45, 7) is 0. The molecule has 0 atom stereocenters. The summed E-state index contributed by atoms with van der Waals surface area (Å²) >= 11 is 8.47. The normalized spacial score (nSPS) is 10.6. The minimum Gasteiger partial charge on any atom is -0.507 e. The molecule has 9 heteroatoms. The molecule has 0 radical (unpaired) electrons. The van der Waals surface area contributed by atoms with Crippen LogP contribution in [0.4, 0.5) is 9.52 Å². The van der Waals surface area contributed by atoms with Crippen LogP contribution in [0.3, 0.4) is 0 Å². The molecule has 0 unspecified atom stereocenters. The monoisotopic (exact) mass is 395 g/mol. The maximum absolute atomic E-state index is 12.9. The lowest BCUT2D eigenvalue weighted by atomic mass is 10.2. The highest BCUT2D eigenvalue weighted by atomic mass is 35.5. The molecule has 1 heterocycles. The van der Waals surface area contributed by atoms with E-state index in [9.17, 15) is 14.3 Å². The first-order valence-corrected chi connectivity index (χ1v) is 9.20. The average molecular weight is 396 g/mol. The highest BCUT2D eigenvalue weighted by molar-refractivity contribution is 8.00. The van der Waals surface area contributed by atoms with Crippen molar-refractivity contribution in [3.05, 3.63) is 64.4 Å². The van der Waals surface area contributed by atoms with E-state index in [-0.39, 0.29) is 17.1 Å². The molecule has 0 aliphatic heterocycles. The number of rotatable bonds is 5. The Hall–Kier alpha value is -2.16. The maximum atomic E-state index is 12.9. The van der Waals surface area contributed by atoms with Crippen molar-refractivity contribution >= 4 is 45.7 Å². The molecule has 0 bridgehead atoms. The van der Waals surface area contributed by atoms with E-state index >= 15 is 0 Å². The van der Waals surface area contributed by atoms with Crippen molar-refractivity contribution < 1.29 is 14.3 Å². The Morgan fingerprint density at radius 1 is 1.24 bits per heavy atom. The summed E-state index contributed by atoms with van der Waals surface area (Å²) in [5.74, 6) is -0.361. The Labute approximate surface area is 155 Å². The van der Waals surface area contributed by atoms with Gasteiger partial charge in [-0.25, -0.2) is 4.39 Å². The van der Waals surface area contributed by atoms with E-state index in [1.807, 2.05) is 0 Å². The number of thioether (sulfide) groups is 1. The Morgan fingerprint density at radius 2 is 2.00 bits per heavy atom. The van der Waals surface area contributed by atoms with Crippen LogP contribution in [-0.4, -0.2) is 21.2 Å². The first-order chi connectivity index (χ1) is 12.0. The van der Waals surface area contributed by atoms with E-state index in [2.05, 4.69) is 15.5 Å². The Kier molecular flexibility index (Phi) is 5.52. The van der Waals surface area contributed by atoms with E-state index in [4.69, 9.17) is 11.6 Å². The molecule has 2 N–H and O–H groups in total. The Morgan fingerprint density at radius 3 is 2.76 bits per heavy atom. The van der Waals surface area contributed by atoms with Gasteiger partial charge < -0.3 is 5.11 Å². The lowest BCUT2D eigenvalue weighted by Gasteiger charge is -2.04. The van der Waals surface area contributed by atoms with Gasteiger partial charge in [0.2, 0.25) is 5.13 Å². The molecule has 0 aliphatic carbocycles. The number of carbonyl (C=O) groups excluding carboxylic acids is 1. The fourth-order valence-corrected chi connectivity index (χ4v) is 3.77. The van der Waals surface area contributed by atoms with Crippen LogP contribution in [0.15, 0.2) is 46.8 Å². The van der Waals surface area contributed by atoms with Crippen molar-refractivity contribution in [1.82, 2.24) is 10.2 Å². The van der Waals surface area contributed by atoms with Gasteiger partial charge in [0.15, 0.2) is 4.34 Å². The van der Waals surface area contributed by atoms with Gasteiger partial charge in [0.1, 0.15) is 11.6 Å². The van der Waals surface area contributed by atoms with Crippen LogP contribution in [0.1, 0.15) is 15.9 Å². The maximum Gasteiger partial charge on any atom is 0.261 e. The van der Waals surface area contributed by atoms with Crippen molar-refractivity contribution in [3.8, 4) is 5.75 Å². The van der Waals surface area contributed by atoms with Crippen LogP contribution >= 0.6 is 34.7 Å². The van der Waals surface area contributed by atoms with Gasteiger partial charge in [-0.05, 0) is 35.9 Å². The van der Waals surface area contributed by atoms with Gasteiger partial charge in [-0.2, -0.15) is 0 Å². The summed E-state index contributed by atoms with van der Waals surface area (Å²) in [5, 5.41) is 20.9. The second-order valence-electron chi connectivity index (χ2n) is 4.90. The zero-order chi connectivity index (χ0) is 17.8. The van der Waals surface area contributed by atoms with E-state index in [1.165, 1.54) is 53.4 Å². The minimum atomic E-state index is -0.522. The molecule has 0 saturated heterocycles. The molecule has 1 amide bonds. The third kappa shape index (κ3) is 4.68. The summed E-state index contributed by atoms with van der Waals surface area (Å²) in [5.41, 5.74) is 1.01. The first kappa shape index (κ1) is 17.7. The van der Waals surface area contributed by atoms with Gasteiger partial charge in [-0.1, -0.05) is 46.8 Å². The van der Waals surface area contributed by atoms with E-state index in [0.29, 0.717) is 20.2 Å². The zero-order valence-corrected chi connectivity index (χ0v) is 15.0. The lowest BCUT2D eigenvalue weighted by Crippen LogP contribution is -2.11. The number of carbonyl (C=O) groups is 1. The highest BCUT2D eigenvalue weighted by Gasteiger charge is 2.14. The second-order valence-corrected chi connectivity index (χ2v) is 7.54. The van der Waals surface area contributed by atoms with Crippen molar-refractivity contribution in [2.45, 2.75) is 10.1 Å². The number of phenolic OH excluding ortho intramolecular Hbond substituents is 1. The Bertz CT molecular complexity index is 903. The third-order valence-electron chi connectivity index (χ3n) is 3.11. The van der Waals surface area contributed by atoms with Crippen molar-refractivity contribution in [3.63, 3.8) is 0 Å². The average Bonchev–Trinajstić information content (AvgIpc) is 3.04. The second kappa shape index (κ2) is 7.81. The van der Waals surface area contributed by atoms with Crippen LogP contribution in [0, 0.1) is 5.82 Å². The number of aromatic nitrogens is 2. The van der Waals surface area contributed by atoms with Crippen molar-refractivity contribution in [2.75, 3.05) is 5.32 Å². The van der Waals surface area contributed by atoms with E-state index in [0.717, 1.165) is 5.56 Å². The van der Waals surface area contributed by atoms with Gasteiger partial charge in [0, 0.05) is 10.8 Å². The predicted octanol–water partition coefficient (Wildman–Crippen LogP) is 4.58. The topological polar surface area (TPSA) is 75.1 Å². The molecule has 3 rings (SSSR count). The molecule has 1 aromatic heterocycles. The highest BCUT2D eigenvalue weighted by Crippen LogP contribution is 2.29. The molecule has 2 aromatic carbocycles. The van der Waals surface area contributed by atoms with Crippen LogP contribution in [0.2, 0.25) is 5.02 Å². The van der Waals surface area contributed by atoms with Gasteiger partial charge >= 0.3 is 0 Å². The van der Waals surface area contributed by atoms with Gasteiger partial charge in [0.25, 0.3) is 5.91 Å². The standard InChI is InChI=1S/C16H11ClFN3O2S2/c17-10-3-6-13(22)12(7-10)14(23)19-15-20-21-16(25-15)24-8-9-1-4-11(18)5-2-9/h1-7,22H,8H2,(H,19,20,23). The summed E-state index contributed by atoms with van der Waals surface area (Å²) in [6, 6.07) is 10.4. The number of amides is 1. The number of benzene rings is 2. The van der Waals surface area contributed by atoms with Crippen LogP contribution < -0.4 is 5.32 Å². The summed E-state index contributed by atoms with van der Waals surface area (Å²) in [4.78, 5) is 12.2. The number of halogens is 2. The van der Waals surface area contributed by atoms with Gasteiger partial charge in [-0.3, -0.25) is 10.1 Å². The molecular weight excluding hydrogens is 385 g/mol. The molecule has 25 heavy (non-hydrogen) atoms. The molecule has 5 nitrogen and oxygen atoms in total. The Balaban J connectivity index is 1.62. The summed E-state index contributed by atoms with van der Waals surface area (Å²) < 4.78 is 13.5. The zero-order valence-electron chi connectivity index (χ0n) is 12.6. The summed E-state index contributed by atoms with van der Waals surface area (Å²) in [7, 11) is 0. The van der Waals surface area contributed by atoms with Crippen molar-refractivity contribution in [2.24, 2.45) is 0 Å². The van der Waals surface area contributed by atoms with Crippen LogP contribution in [0.25, 0.3) is 0 Å². The molecule has 3 aromatic rings. The number of anilines is 1. The van der Waals surface area contributed by atoms with Crippen molar-refractivity contribution in [1.29, 1.82) is 0 Å². The number of nitrogens with zero attached hydrogens (tertiary/aromatic N) is 2. The fraction of sp³-hybridized carbons (Fsp3) is 0.0625. The minimum absolute atomic E-state index is 0.0585. The molecular formula is C16H11ClFN3O2S2. The van der Waals surface area contributed by atoms with E-state index in [1.54, 1.807) is 12.1 Å². The number of aromatic hydroxyl groups is 1. The van der Waals surface area contributed by atoms with E-state index < -0.39 is 5.91 Å². The van der Waals surface area contributed by atoms with Gasteiger partial charge in [0.05, 0.1) is 5.56 Å². The number of nitrogens with one attached hydrogen (secondary N) is 1. The van der Waals surface area contributed by atoms with Crippen LogP contribution in [0.5, 0.6) is 5.75 Å². The molecule has 0 spiro atoms. The predicted molar refractivity (Wildman–Crippen MR) is 96.9 cm³/mol. The molecule has 128 valence electrons. The first-order valence-electron chi connectivity index (χ1n) is 7.02. The van der Waals surface area contributed by atoms with Gasteiger partial charge in [-0.15, -0.1) is 10.2 Å². The number of hydrogen-bond donors (Lipinski definition) is 2.